The molecule has 0 amide bonds. The molecule has 1 aromatic heterocycles. The molecule has 0 bridgehead atoms. The van der Waals surface area contributed by atoms with Gasteiger partial charge in [-0.1, -0.05) is 40.9 Å². The Bertz CT molecular complexity index is 961. The van der Waals surface area contributed by atoms with Crippen LogP contribution in [0.3, 0.4) is 0 Å². The first-order chi connectivity index (χ1) is 11.4. The van der Waals surface area contributed by atoms with Gasteiger partial charge in [-0.25, -0.2) is 4.79 Å². The quantitative estimate of drug-likeness (QED) is 0.680. The highest BCUT2D eigenvalue weighted by Gasteiger charge is 2.11. The molecule has 0 atom stereocenters. The van der Waals surface area contributed by atoms with E-state index in [9.17, 15) is 4.79 Å². The third-order valence-corrected chi connectivity index (χ3v) is 4.24. The normalized spacial score (nSPS) is 11.5. The number of aryl methyl sites for hydroxylation is 1. The van der Waals surface area contributed by atoms with Crippen molar-refractivity contribution in [2.75, 3.05) is 0 Å². The van der Waals surface area contributed by atoms with Crippen LogP contribution in [-0.4, -0.2) is 20.9 Å². The molecule has 0 aliphatic carbocycles. The van der Waals surface area contributed by atoms with Crippen LogP contribution in [0.25, 0.3) is 17.0 Å². The van der Waals surface area contributed by atoms with Gasteiger partial charge in [0.1, 0.15) is 0 Å². The number of hydrogen-bond donors (Lipinski definition) is 1. The minimum Gasteiger partial charge on any atom is -0.478 e. The first-order valence-electron chi connectivity index (χ1n) is 7.26. The molecule has 0 aliphatic rings. The Kier molecular flexibility index (Phi) is 4.60. The van der Waals surface area contributed by atoms with Gasteiger partial charge < -0.3 is 5.11 Å². The minimum absolute atomic E-state index is 0.469. The van der Waals surface area contributed by atoms with Crippen LogP contribution in [0.4, 0.5) is 0 Å². The van der Waals surface area contributed by atoms with E-state index in [1.807, 2.05) is 35.9 Å². The summed E-state index contributed by atoms with van der Waals surface area (Å²) in [7, 11) is 0. The second-order valence-corrected chi connectivity index (χ2v) is 6.31. The highest BCUT2D eigenvalue weighted by atomic mass is 35.5. The van der Waals surface area contributed by atoms with Gasteiger partial charge in [-0.3, -0.25) is 4.68 Å². The summed E-state index contributed by atoms with van der Waals surface area (Å²) in [4.78, 5) is 10.8. The molecule has 0 spiro atoms. The zero-order chi connectivity index (χ0) is 17.3. The predicted octanol–water partition coefficient (Wildman–Crippen LogP) is 4.80. The van der Waals surface area contributed by atoms with Crippen molar-refractivity contribution in [3.8, 4) is 0 Å². The molecule has 2 aromatic carbocycles. The fourth-order valence-electron chi connectivity index (χ4n) is 2.52. The number of carboxylic acids is 1. The molecular formula is C18H14Cl2N2O2. The van der Waals surface area contributed by atoms with Gasteiger partial charge in [0.15, 0.2) is 0 Å². The van der Waals surface area contributed by atoms with Crippen molar-refractivity contribution in [3.05, 3.63) is 69.3 Å². The zero-order valence-electron chi connectivity index (χ0n) is 12.8. The van der Waals surface area contributed by atoms with Gasteiger partial charge in [-0.05, 0) is 42.8 Å². The lowest BCUT2D eigenvalue weighted by molar-refractivity contribution is -0.131. The van der Waals surface area contributed by atoms with Crippen molar-refractivity contribution in [1.29, 1.82) is 0 Å². The lowest BCUT2D eigenvalue weighted by Gasteiger charge is -2.06. The van der Waals surface area contributed by atoms with Crippen LogP contribution in [0, 0.1) is 6.92 Å². The molecule has 1 heterocycles. The van der Waals surface area contributed by atoms with Crippen LogP contribution in [0.15, 0.2) is 42.5 Å². The van der Waals surface area contributed by atoms with Crippen LogP contribution >= 0.6 is 23.2 Å². The highest BCUT2D eigenvalue weighted by Crippen LogP contribution is 2.25. The molecule has 0 aliphatic heterocycles. The number of fused-ring (bicyclic) bond motifs is 1. The number of nitrogens with zero attached hydrogens (tertiary/aromatic N) is 2. The number of aliphatic carboxylic acids is 1. The number of aromatic nitrogens is 2. The smallest absolute Gasteiger partial charge is 0.328 e. The van der Waals surface area contributed by atoms with Crippen LogP contribution in [-0.2, 0) is 11.3 Å². The summed E-state index contributed by atoms with van der Waals surface area (Å²) in [6.07, 6.45) is 2.59. The molecule has 0 fully saturated rings. The Hall–Kier alpha value is -2.30. The second kappa shape index (κ2) is 6.67. The number of benzene rings is 2. The van der Waals surface area contributed by atoms with E-state index in [0.29, 0.717) is 22.3 Å². The number of rotatable bonds is 4. The van der Waals surface area contributed by atoms with Crippen LogP contribution in [0.5, 0.6) is 0 Å². The topological polar surface area (TPSA) is 55.1 Å². The first-order valence-corrected chi connectivity index (χ1v) is 8.02. The van der Waals surface area contributed by atoms with Crippen molar-refractivity contribution < 1.29 is 9.90 Å². The Labute approximate surface area is 148 Å². The summed E-state index contributed by atoms with van der Waals surface area (Å²) >= 11 is 12.2. The SMILES string of the molecule is Cc1ccc2c(c1)c(/C=C/C(=O)O)nn2Cc1ccc(Cl)cc1Cl. The Morgan fingerprint density at radius 2 is 2.04 bits per heavy atom. The van der Waals surface area contributed by atoms with Crippen molar-refractivity contribution in [3.63, 3.8) is 0 Å². The predicted molar refractivity (Wildman–Crippen MR) is 96.7 cm³/mol. The van der Waals surface area contributed by atoms with E-state index in [-0.39, 0.29) is 0 Å². The fourth-order valence-corrected chi connectivity index (χ4v) is 2.99. The maximum absolute atomic E-state index is 10.8. The molecule has 0 unspecified atom stereocenters. The van der Waals surface area contributed by atoms with E-state index in [1.165, 1.54) is 6.08 Å². The van der Waals surface area contributed by atoms with Gasteiger partial charge in [0, 0.05) is 21.5 Å². The molecule has 3 aromatic rings. The fraction of sp³-hybridized carbons (Fsp3) is 0.111. The summed E-state index contributed by atoms with van der Waals surface area (Å²) in [5.41, 5.74) is 3.49. The summed E-state index contributed by atoms with van der Waals surface area (Å²) in [5.74, 6) is -1.01. The van der Waals surface area contributed by atoms with E-state index in [4.69, 9.17) is 28.3 Å². The summed E-state index contributed by atoms with van der Waals surface area (Å²) < 4.78 is 1.81. The third-order valence-electron chi connectivity index (χ3n) is 3.65. The van der Waals surface area contributed by atoms with Gasteiger partial charge in [-0.2, -0.15) is 5.10 Å². The van der Waals surface area contributed by atoms with Crippen molar-refractivity contribution >= 4 is 46.2 Å². The summed E-state index contributed by atoms with van der Waals surface area (Å²) in [6.45, 7) is 2.45. The van der Waals surface area contributed by atoms with E-state index in [2.05, 4.69) is 5.10 Å². The average Bonchev–Trinajstić information content (AvgIpc) is 2.85. The molecule has 3 rings (SSSR count). The van der Waals surface area contributed by atoms with E-state index >= 15 is 0 Å². The zero-order valence-corrected chi connectivity index (χ0v) is 14.3. The van der Waals surface area contributed by atoms with Gasteiger partial charge in [0.25, 0.3) is 0 Å². The van der Waals surface area contributed by atoms with Gasteiger partial charge >= 0.3 is 5.97 Å². The van der Waals surface area contributed by atoms with Crippen LogP contribution < -0.4 is 0 Å². The standard InChI is InChI=1S/C18H14Cl2N2O2/c1-11-2-6-17-14(8-11)16(5-7-18(23)24)21-22(17)10-12-3-4-13(19)9-15(12)20/h2-9H,10H2,1H3,(H,23,24)/b7-5+. The van der Waals surface area contributed by atoms with Gasteiger partial charge in [-0.15, -0.1) is 0 Å². The molecule has 0 saturated carbocycles. The Balaban J connectivity index is 2.09. The average molecular weight is 361 g/mol. The minimum atomic E-state index is -1.01. The summed E-state index contributed by atoms with van der Waals surface area (Å²) in [6, 6.07) is 11.3. The molecular weight excluding hydrogens is 347 g/mol. The molecule has 0 saturated heterocycles. The first kappa shape index (κ1) is 16.6. The van der Waals surface area contributed by atoms with E-state index in [1.54, 1.807) is 12.1 Å². The lowest BCUT2D eigenvalue weighted by atomic mass is 10.1. The lowest BCUT2D eigenvalue weighted by Crippen LogP contribution is -2.02. The number of carboxylic acid groups (broad SMARTS) is 1. The molecule has 1 N–H and O–H groups in total. The van der Waals surface area contributed by atoms with Crippen LogP contribution in [0.2, 0.25) is 10.0 Å². The Morgan fingerprint density at radius 1 is 1.25 bits per heavy atom. The Morgan fingerprint density at radius 3 is 2.75 bits per heavy atom. The number of hydrogen-bond acceptors (Lipinski definition) is 2. The number of carbonyl (C=O) groups is 1. The van der Waals surface area contributed by atoms with Gasteiger partial charge in [0.05, 0.1) is 17.8 Å². The molecule has 6 heteroatoms. The second-order valence-electron chi connectivity index (χ2n) is 5.47. The van der Waals surface area contributed by atoms with Crippen LogP contribution in [0.1, 0.15) is 16.8 Å². The third kappa shape index (κ3) is 3.45. The molecule has 4 nitrogen and oxygen atoms in total. The summed E-state index contributed by atoms with van der Waals surface area (Å²) in [5, 5.41) is 15.4. The van der Waals surface area contributed by atoms with Crippen molar-refractivity contribution in [2.24, 2.45) is 0 Å². The van der Waals surface area contributed by atoms with Crippen molar-refractivity contribution in [2.45, 2.75) is 13.5 Å². The molecule has 24 heavy (non-hydrogen) atoms. The van der Waals surface area contributed by atoms with E-state index in [0.717, 1.165) is 28.1 Å². The molecule has 0 radical (unpaired) electrons. The maximum atomic E-state index is 10.8. The highest BCUT2D eigenvalue weighted by molar-refractivity contribution is 6.35. The van der Waals surface area contributed by atoms with Crippen molar-refractivity contribution in [1.82, 2.24) is 9.78 Å². The van der Waals surface area contributed by atoms with Gasteiger partial charge in [0.2, 0.25) is 0 Å². The van der Waals surface area contributed by atoms with E-state index < -0.39 is 5.97 Å². The molecule has 122 valence electrons. The number of halogens is 2. The monoisotopic (exact) mass is 360 g/mol. The maximum Gasteiger partial charge on any atom is 0.328 e. The largest absolute Gasteiger partial charge is 0.478 e.